The Kier molecular flexibility index (Phi) is 3.50. The van der Waals surface area contributed by atoms with Gasteiger partial charge in [0.15, 0.2) is 0 Å². The number of nitrogens with zero attached hydrogens (tertiary/aromatic N) is 1. The molecule has 3 atom stereocenters. The van der Waals surface area contributed by atoms with Crippen molar-refractivity contribution >= 4 is 11.8 Å². The second kappa shape index (κ2) is 5.14. The minimum atomic E-state index is -0.240. The standard InChI is InChI=1S/C15H24N2O2/c1-10-7-12(10)8-17-9-13(18)16-14(15(17)19)11-5-3-2-4-6-11/h10-12,14H,2-9H2,1H3,(H,16,18). The van der Waals surface area contributed by atoms with Gasteiger partial charge in [0.2, 0.25) is 11.8 Å². The van der Waals surface area contributed by atoms with Gasteiger partial charge in [0, 0.05) is 6.54 Å². The van der Waals surface area contributed by atoms with Gasteiger partial charge < -0.3 is 10.2 Å². The van der Waals surface area contributed by atoms with E-state index in [-0.39, 0.29) is 24.4 Å². The second-order valence-electron chi connectivity index (χ2n) is 6.64. The van der Waals surface area contributed by atoms with Crippen LogP contribution >= 0.6 is 0 Å². The number of hydrogen-bond acceptors (Lipinski definition) is 2. The minimum absolute atomic E-state index is 0.0310. The van der Waals surface area contributed by atoms with Crippen LogP contribution in [-0.2, 0) is 9.59 Å². The molecule has 2 aliphatic carbocycles. The van der Waals surface area contributed by atoms with E-state index in [1.54, 1.807) is 0 Å². The molecule has 0 aromatic carbocycles. The lowest BCUT2D eigenvalue weighted by atomic mass is 9.82. The summed E-state index contributed by atoms with van der Waals surface area (Å²) in [7, 11) is 0. The molecule has 0 radical (unpaired) electrons. The number of nitrogens with one attached hydrogen (secondary N) is 1. The Labute approximate surface area is 114 Å². The highest BCUT2D eigenvalue weighted by atomic mass is 16.2. The van der Waals surface area contributed by atoms with Gasteiger partial charge >= 0.3 is 0 Å². The Balaban J connectivity index is 1.65. The topological polar surface area (TPSA) is 49.4 Å². The van der Waals surface area contributed by atoms with Crippen molar-refractivity contribution in [2.75, 3.05) is 13.1 Å². The van der Waals surface area contributed by atoms with E-state index in [2.05, 4.69) is 12.2 Å². The molecule has 3 unspecified atom stereocenters. The highest BCUT2D eigenvalue weighted by Gasteiger charge is 2.41. The molecule has 0 aromatic heterocycles. The number of hydrogen-bond donors (Lipinski definition) is 1. The molecule has 3 rings (SSSR count). The molecule has 4 heteroatoms. The van der Waals surface area contributed by atoms with Crippen LogP contribution in [0.5, 0.6) is 0 Å². The molecule has 2 amide bonds. The smallest absolute Gasteiger partial charge is 0.245 e. The van der Waals surface area contributed by atoms with Crippen molar-refractivity contribution in [1.29, 1.82) is 0 Å². The third-order valence-electron chi connectivity index (χ3n) is 5.08. The normalized spacial score (nSPS) is 36.3. The summed E-state index contributed by atoms with van der Waals surface area (Å²) in [5, 5.41) is 2.94. The number of rotatable bonds is 3. The molecule has 1 saturated heterocycles. The van der Waals surface area contributed by atoms with Crippen LogP contribution in [0.3, 0.4) is 0 Å². The number of piperazine rings is 1. The average Bonchev–Trinajstić information content (AvgIpc) is 3.10. The summed E-state index contributed by atoms with van der Waals surface area (Å²) in [5.74, 6) is 1.92. The summed E-state index contributed by atoms with van der Waals surface area (Å²) in [4.78, 5) is 26.2. The van der Waals surface area contributed by atoms with Gasteiger partial charge in [0.25, 0.3) is 0 Å². The van der Waals surface area contributed by atoms with E-state index in [9.17, 15) is 9.59 Å². The molecular formula is C15H24N2O2. The van der Waals surface area contributed by atoms with Gasteiger partial charge in [0.05, 0.1) is 6.54 Å². The molecule has 3 fully saturated rings. The Hall–Kier alpha value is -1.06. The van der Waals surface area contributed by atoms with Gasteiger partial charge in [-0.25, -0.2) is 0 Å². The fraction of sp³-hybridized carbons (Fsp3) is 0.867. The molecule has 2 saturated carbocycles. The summed E-state index contributed by atoms with van der Waals surface area (Å²) in [6.07, 6.45) is 7.05. The van der Waals surface area contributed by atoms with E-state index in [0.717, 1.165) is 25.3 Å². The van der Waals surface area contributed by atoms with Crippen LogP contribution in [0.4, 0.5) is 0 Å². The first-order valence-electron chi connectivity index (χ1n) is 7.73. The first-order chi connectivity index (χ1) is 9.15. The van der Waals surface area contributed by atoms with Crippen molar-refractivity contribution in [3.05, 3.63) is 0 Å². The van der Waals surface area contributed by atoms with Crippen LogP contribution in [0.1, 0.15) is 45.4 Å². The Morgan fingerprint density at radius 3 is 2.53 bits per heavy atom. The molecule has 0 spiro atoms. The average molecular weight is 264 g/mol. The quantitative estimate of drug-likeness (QED) is 0.841. The lowest BCUT2D eigenvalue weighted by molar-refractivity contribution is -0.146. The van der Waals surface area contributed by atoms with Crippen LogP contribution in [0, 0.1) is 17.8 Å². The van der Waals surface area contributed by atoms with Gasteiger partial charge in [-0.2, -0.15) is 0 Å². The maximum atomic E-state index is 12.6. The first-order valence-corrected chi connectivity index (χ1v) is 7.73. The van der Waals surface area contributed by atoms with E-state index in [4.69, 9.17) is 0 Å². The largest absolute Gasteiger partial charge is 0.342 e. The molecule has 0 bridgehead atoms. The van der Waals surface area contributed by atoms with Gasteiger partial charge in [-0.1, -0.05) is 26.2 Å². The maximum Gasteiger partial charge on any atom is 0.245 e. The molecule has 1 N–H and O–H groups in total. The summed E-state index contributed by atoms with van der Waals surface area (Å²) in [6.45, 7) is 3.28. The maximum absolute atomic E-state index is 12.6. The highest BCUT2D eigenvalue weighted by molar-refractivity contribution is 5.95. The Morgan fingerprint density at radius 1 is 1.21 bits per heavy atom. The molecule has 19 heavy (non-hydrogen) atoms. The van der Waals surface area contributed by atoms with Crippen LogP contribution < -0.4 is 5.32 Å². The molecule has 1 aliphatic heterocycles. The highest BCUT2D eigenvalue weighted by Crippen LogP contribution is 2.38. The van der Waals surface area contributed by atoms with Crippen molar-refractivity contribution in [2.24, 2.45) is 17.8 Å². The third kappa shape index (κ3) is 2.77. The summed E-state index contributed by atoms with van der Waals surface area (Å²) >= 11 is 0. The predicted molar refractivity (Wildman–Crippen MR) is 72.4 cm³/mol. The summed E-state index contributed by atoms with van der Waals surface area (Å²) < 4.78 is 0. The van der Waals surface area contributed by atoms with Crippen molar-refractivity contribution in [3.63, 3.8) is 0 Å². The molecule has 4 nitrogen and oxygen atoms in total. The van der Waals surface area contributed by atoms with E-state index >= 15 is 0 Å². The Bertz CT molecular complexity index is 376. The minimum Gasteiger partial charge on any atom is -0.342 e. The van der Waals surface area contributed by atoms with E-state index in [1.807, 2.05) is 4.90 Å². The molecule has 3 aliphatic rings. The molecule has 1 heterocycles. The van der Waals surface area contributed by atoms with Crippen LogP contribution in [0.2, 0.25) is 0 Å². The van der Waals surface area contributed by atoms with Crippen molar-refractivity contribution in [1.82, 2.24) is 10.2 Å². The lowest BCUT2D eigenvalue weighted by Gasteiger charge is -2.38. The zero-order valence-electron chi connectivity index (χ0n) is 11.7. The fourth-order valence-corrected chi connectivity index (χ4v) is 3.61. The molecule has 106 valence electrons. The number of carbonyl (C=O) groups is 2. The van der Waals surface area contributed by atoms with Gasteiger partial charge in [-0.15, -0.1) is 0 Å². The lowest BCUT2D eigenvalue weighted by Crippen LogP contribution is -2.61. The first kappa shape index (κ1) is 12.9. The van der Waals surface area contributed by atoms with Crippen LogP contribution in [0.15, 0.2) is 0 Å². The third-order valence-corrected chi connectivity index (χ3v) is 5.08. The fourth-order valence-electron chi connectivity index (χ4n) is 3.61. The van der Waals surface area contributed by atoms with Crippen LogP contribution in [0.25, 0.3) is 0 Å². The number of carbonyl (C=O) groups excluding carboxylic acids is 2. The Morgan fingerprint density at radius 2 is 1.89 bits per heavy atom. The van der Waals surface area contributed by atoms with Crippen LogP contribution in [-0.4, -0.2) is 35.8 Å². The van der Waals surface area contributed by atoms with E-state index in [1.165, 1.54) is 25.7 Å². The van der Waals surface area contributed by atoms with Crippen molar-refractivity contribution < 1.29 is 9.59 Å². The second-order valence-corrected chi connectivity index (χ2v) is 6.64. The zero-order valence-corrected chi connectivity index (χ0v) is 11.7. The van der Waals surface area contributed by atoms with E-state index in [0.29, 0.717) is 11.8 Å². The predicted octanol–water partition coefficient (Wildman–Crippen LogP) is 1.55. The summed E-state index contributed by atoms with van der Waals surface area (Å²) in [6, 6.07) is -0.240. The number of amides is 2. The van der Waals surface area contributed by atoms with Gasteiger partial charge in [-0.3, -0.25) is 9.59 Å². The van der Waals surface area contributed by atoms with Gasteiger partial charge in [-0.05, 0) is 37.0 Å². The summed E-state index contributed by atoms with van der Waals surface area (Å²) in [5.41, 5.74) is 0. The molecular weight excluding hydrogens is 240 g/mol. The monoisotopic (exact) mass is 264 g/mol. The van der Waals surface area contributed by atoms with E-state index < -0.39 is 0 Å². The van der Waals surface area contributed by atoms with Crippen molar-refractivity contribution in [2.45, 2.75) is 51.5 Å². The SMILES string of the molecule is CC1CC1CN1CC(=O)NC(C2CCCCC2)C1=O. The van der Waals surface area contributed by atoms with Gasteiger partial charge in [0.1, 0.15) is 6.04 Å². The molecule has 0 aromatic rings. The zero-order chi connectivity index (χ0) is 13.4. The van der Waals surface area contributed by atoms with Crippen molar-refractivity contribution in [3.8, 4) is 0 Å².